The van der Waals surface area contributed by atoms with Gasteiger partial charge >= 0.3 is 17.9 Å². The molecule has 0 fully saturated rings. The van der Waals surface area contributed by atoms with Gasteiger partial charge in [-0.05, 0) is 53.9 Å². The van der Waals surface area contributed by atoms with Gasteiger partial charge in [-0.15, -0.1) is 6.58 Å². The van der Waals surface area contributed by atoms with Crippen molar-refractivity contribution in [3.05, 3.63) is 12.7 Å². The average molecular weight is 1020 g/mol. The lowest BCUT2D eigenvalue weighted by Crippen LogP contribution is -2.67. The van der Waals surface area contributed by atoms with Crippen molar-refractivity contribution in [1.82, 2.24) is 47.4 Å². The van der Waals surface area contributed by atoms with Gasteiger partial charge in [0.2, 0.25) is 11.8 Å². The van der Waals surface area contributed by atoms with E-state index in [1.54, 1.807) is 0 Å². The van der Waals surface area contributed by atoms with E-state index in [0.717, 1.165) is 14.2 Å². The number of methoxy groups -OCH3 is 1. The van der Waals surface area contributed by atoms with Gasteiger partial charge in [-0.1, -0.05) is 6.08 Å². The molecule has 4 amide bonds. The molecule has 0 saturated heterocycles. The number of hydrogen-bond acceptors (Lipinski definition) is 21. The summed E-state index contributed by atoms with van der Waals surface area (Å²) in [4.78, 5) is 191. The van der Waals surface area contributed by atoms with Crippen LogP contribution in [0.5, 0.6) is 0 Å². The highest BCUT2D eigenvalue weighted by molar-refractivity contribution is 5.99. The van der Waals surface area contributed by atoms with E-state index in [9.17, 15) is 82.1 Å². The van der Waals surface area contributed by atoms with Crippen molar-refractivity contribution in [3.63, 3.8) is 0 Å². The topological polar surface area (TPSA) is 405 Å². The van der Waals surface area contributed by atoms with Crippen LogP contribution in [0.25, 0.3) is 0 Å². The molecule has 402 valence electrons. The molecule has 0 aliphatic carbocycles. The van der Waals surface area contributed by atoms with Crippen molar-refractivity contribution in [2.75, 3.05) is 14.2 Å². The largest absolute Gasteiger partial charge is 0.481 e. The monoisotopic (exact) mass is 1020 g/mol. The molecule has 0 aliphatic heterocycles. The molecule has 0 spiro atoms. The number of carbonyl (C=O) groups is 15. The Hall–Kier alpha value is -6.81. The van der Waals surface area contributed by atoms with Crippen LogP contribution in [0.15, 0.2) is 12.7 Å². The maximum absolute atomic E-state index is 14.2. The highest BCUT2D eigenvalue weighted by atomic mass is 16.5. The molecule has 0 saturated carbocycles. The number of carboxylic acid groups (broad SMARTS) is 2. The van der Waals surface area contributed by atoms with Crippen LogP contribution >= 0.6 is 0 Å². The SMILES string of the molecule is C=CCCC(=O)C[C@@H](CCC(=O)O)C(=O)N[C@@H](N[C@@H](C)C=O)C(=O)N(C)[C@@H](N[C@@H](C)C=O)C(=O)N[C@@H](N[C@@H](C)C=O)C(=O)C[C@@H](N[C@@H](C)C=O)C(=O)N[C@@H](CCC(=O)O)C(=O)C[C@@H](N[C@@H](C)C=O)C(=O)OC. The maximum atomic E-state index is 14.2. The summed E-state index contributed by atoms with van der Waals surface area (Å²) in [6, 6.07) is -10.5. The molecule has 0 heterocycles. The summed E-state index contributed by atoms with van der Waals surface area (Å²) >= 11 is 0. The number of ether oxygens (including phenoxy) is 1. The molecular formula is C45H69N9O18. The van der Waals surface area contributed by atoms with Gasteiger partial charge in [0.1, 0.15) is 49.4 Å². The number of rotatable bonds is 41. The Morgan fingerprint density at radius 2 is 1.00 bits per heavy atom. The van der Waals surface area contributed by atoms with Gasteiger partial charge < -0.3 is 59.8 Å². The van der Waals surface area contributed by atoms with E-state index in [-0.39, 0.29) is 19.3 Å². The number of Topliss-reactive ketones (excluding diaryl/α,β-unsaturated/α-hetero) is 3. The molecule has 0 aliphatic rings. The lowest BCUT2D eigenvalue weighted by atomic mass is 9.94. The first kappa shape index (κ1) is 65.2. The van der Waals surface area contributed by atoms with E-state index in [1.807, 2.05) is 0 Å². The summed E-state index contributed by atoms with van der Waals surface area (Å²) in [5.74, 6) is -11.9. The zero-order valence-corrected chi connectivity index (χ0v) is 41.3. The Morgan fingerprint density at radius 3 is 1.50 bits per heavy atom. The molecule has 0 aromatic carbocycles. The molecule has 0 rings (SSSR count). The Balaban J connectivity index is 7.12. The molecule has 0 bridgehead atoms. The highest BCUT2D eigenvalue weighted by Gasteiger charge is 2.38. The number of amides is 4. The van der Waals surface area contributed by atoms with E-state index < -0.39 is 170 Å². The van der Waals surface area contributed by atoms with Crippen LogP contribution in [-0.4, -0.2) is 186 Å². The number of esters is 1. The van der Waals surface area contributed by atoms with Gasteiger partial charge in [-0.2, -0.15) is 0 Å². The molecule has 0 aromatic heterocycles. The van der Waals surface area contributed by atoms with Gasteiger partial charge in [0, 0.05) is 51.5 Å². The van der Waals surface area contributed by atoms with Gasteiger partial charge in [-0.25, -0.2) is 0 Å². The highest BCUT2D eigenvalue weighted by Crippen LogP contribution is 2.16. The first-order valence-corrected chi connectivity index (χ1v) is 22.8. The van der Waals surface area contributed by atoms with E-state index in [4.69, 9.17) is 4.74 Å². The van der Waals surface area contributed by atoms with Gasteiger partial charge in [0.25, 0.3) is 11.8 Å². The lowest BCUT2D eigenvalue weighted by Gasteiger charge is -2.34. The lowest BCUT2D eigenvalue weighted by molar-refractivity contribution is -0.146. The Kier molecular flexibility index (Phi) is 31.2. The Labute approximate surface area is 415 Å². The van der Waals surface area contributed by atoms with Crippen LogP contribution in [0.2, 0.25) is 0 Å². The Bertz CT molecular complexity index is 1950. The minimum absolute atomic E-state index is 0.0196. The van der Waals surface area contributed by atoms with Crippen molar-refractivity contribution in [2.24, 2.45) is 5.92 Å². The molecule has 12 atom stereocenters. The summed E-state index contributed by atoms with van der Waals surface area (Å²) < 4.78 is 4.70. The predicted molar refractivity (Wildman–Crippen MR) is 251 cm³/mol. The second-order valence-electron chi connectivity index (χ2n) is 16.9. The third-order valence-electron chi connectivity index (χ3n) is 10.5. The van der Waals surface area contributed by atoms with Crippen LogP contribution in [-0.2, 0) is 76.7 Å². The smallest absolute Gasteiger partial charge is 0.323 e. The molecule has 72 heavy (non-hydrogen) atoms. The number of likely N-dealkylation sites (N-methyl/N-ethyl adjacent to an activating group) is 1. The summed E-state index contributed by atoms with van der Waals surface area (Å²) in [7, 11) is 2.04. The van der Waals surface area contributed by atoms with Crippen LogP contribution in [0.4, 0.5) is 0 Å². The van der Waals surface area contributed by atoms with Gasteiger partial charge in [-0.3, -0.25) is 74.5 Å². The van der Waals surface area contributed by atoms with Gasteiger partial charge in [0.15, 0.2) is 23.9 Å². The van der Waals surface area contributed by atoms with Crippen LogP contribution in [0.3, 0.4) is 0 Å². The fourth-order valence-electron chi connectivity index (χ4n) is 6.53. The number of aliphatic carboxylic acids is 2. The maximum Gasteiger partial charge on any atom is 0.323 e. The molecule has 0 aromatic rings. The molecule has 0 radical (unpaired) electrons. The zero-order valence-electron chi connectivity index (χ0n) is 41.3. The average Bonchev–Trinajstić information content (AvgIpc) is 3.34. The quantitative estimate of drug-likeness (QED) is 0.0121. The summed E-state index contributed by atoms with van der Waals surface area (Å²) in [6.07, 6.45) is -6.34. The van der Waals surface area contributed by atoms with Crippen molar-refractivity contribution >= 4 is 90.3 Å². The normalized spacial score (nSPS) is 16.0. The van der Waals surface area contributed by atoms with Crippen LogP contribution < -0.4 is 42.5 Å². The number of carbonyl (C=O) groups excluding carboxylic acids is 13. The van der Waals surface area contributed by atoms with Crippen molar-refractivity contribution < 1.29 is 86.9 Å². The standard InChI is InChI=1S/C45H69N9O18/c1-9-10-11-30(60)16-29(12-14-36(63)64)41(67)53-39(49-27(5)22-58)44(70)54(7)40(50-28(6)23-59)43(69)52-38(48-26(4)21-57)35(62)17-32(46-24(2)19-55)42(68)51-31(13-15-37(65)66)34(61)18-33(45(71)72-8)47-25(3)20-56/h9,19-29,31-33,38-40,46-50H,1,10-18H2,2-8H3,(H,51,68)(H,52,69)(H,53,67)(H,63,64)(H,65,66)/t24-,25-,26-,27-,28-,29+,31-,32+,33+,38+,39+,40+/m0/s1. The fourth-order valence-corrected chi connectivity index (χ4v) is 6.53. The van der Waals surface area contributed by atoms with Crippen molar-refractivity contribution in [3.8, 4) is 0 Å². The third-order valence-corrected chi connectivity index (χ3v) is 10.5. The van der Waals surface area contributed by atoms with E-state index in [0.29, 0.717) is 36.3 Å². The third kappa shape index (κ3) is 24.8. The molecule has 27 heteroatoms. The Morgan fingerprint density at radius 1 is 0.542 bits per heavy atom. The number of ketones is 3. The summed E-state index contributed by atoms with van der Waals surface area (Å²) in [6.45, 7) is 10.0. The number of allylic oxidation sites excluding steroid dienone is 1. The van der Waals surface area contributed by atoms with Crippen LogP contribution in [0, 0.1) is 5.92 Å². The molecule has 0 unspecified atom stereocenters. The second kappa shape index (κ2) is 34.5. The predicted octanol–water partition coefficient (Wildman–Crippen LogP) is -3.87. The number of nitrogens with zero attached hydrogens (tertiary/aromatic N) is 1. The first-order chi connectivity index (χ1) is 33.8. The summed E-state index contributed by atoms with van der Waals surface area (Å²) in [5.41, 5.74) is 0. The number of carboxylic acids is 2. The van der Waals surface area contributed by atoms with E-state index in [1.165, 1.54) is 40.7 Å². The van der Waals surface area contributed by atoms with E-state index >= 15 is 0 Å². The molecular weight excluding hydrogens is 955 g/mol. The molecule has 10 N–H and O–H groups in total. The molecule has 27 nitrogen and oxygen atoms in total. The minimum atomic E-state index is -1.93. The number of hydrogen-bond donors (Lipinski definition) is 10. The van der Waals surface area contributed by atoms with Gasteiger partial charge in [0.05, 0.1) is 49.4 Å². The second-order valence-corrected chi connectivity index (χ2v) is 16.9. The van der Waals surface area contributed by atoms with Crippen LogP contribution in [0.1, 0.15) is 92.4 Å². The number of nitrogens with one attached hydrogen (secondary N) is 8. The summed E-state index contributed by atoms with van der Waals surface area (Å²) in [5, 5.41) is 38.5. The number of aldehydes is 5. The zero-order chi connectivity index (χ0) is 55.2. The fraction of sp³-hybridized carbons (Fsp3) is 0.622. The van der Waals surface area contributed by atoms with E-state index in [2.05, 4.69) is 49.1 Å². The first-order valence-electron chi connectivity index (χ1n) is 22.8. The minimum Gasteiger partial charge on any atom is -0.481 e. The van der Waals surface area contributed by atoms with Crippen molar-refractivity contribution in [1.29, 1.82) is 0 Å². The van der Waals surface area contributed by atoms with Crippen molar-refractivity contribution in [2.45, 2.75) is 159 Å².